The normalized spacial score (nSPS) is 20.5. The van der Waals surface area contributed by atoms with Gasteiger partial charge in [0.05, 0.1) is 5.60 Å². The fourth-order valence-corrected chi connectivity index (χ4v) is 1.81. The Morgan fingerprint density at radius 1 is 1.50 bits per heavy atom. The van der Waals surface area contributed by atoms with E-state index in [1.807, 2.05) is 11.8 Å². The number of thioether (sulfide) groups is 1. The summed E-state index contributed by atoms with van der Waals surface area (Å²) in [6.07, 6.45) is 1.19. The van der Waals surface area contributed by atoms with Crippen LogP contribution in [0.2, 0.25) is 0 Å². The van der Waals surface area contributed by atoms with Gasteiger partial charge in [0.2, 0.25) is 0 Å². The van der Waals surface area contributed by atoms with Crippen LogP contribution in [0.5, 0.6) is 0 Å². The molecule has 1 aliphatic heterocycles. The molecule has 0 aromatic heterocycles. The van der Waals surface area contributed by atoms with Crippen molar-refractivity contribution in [2.24, 2.45) is 0 Å². The number of ether oxygens (including phenoxy) is 1. The summed E-state index contributed by atoms with van der Waals surface area (Å²) in [6.45, 7) is 7.34. The molecule has 1 fully saturated rings. The molecule has 0 bridgehead atoms. The lowest BCUT2D eigenvalue weighted by Gasteiger charge is -2.39. The summed E-state index contributed by atoms with van der Waals surface area (Å²) in [7, 11) is 0. The Hall–Kier alpha value is 0.270. The van der Waals surface area contributed by atoms with Gasteiger partial charge in [0, 0.05) is 19.7 Å². The quantitative estimate of drug-likeness (QED) is 0.640. The molecule has 1 rings (SSSR count). The Labute approximate surface area is 79.4 Å². The van der Waals surface area contributed by atoms with E-state index >= 15 is 0 Å². The number of rotatable bonds is 6. The fourth-order valence-electron chi connectivity index (χ4n) is 1.20. The second-order valence-corrected chi connectivity index (χ2v) is 4.85. The van der Waals surface area contributed by atoms with E-state index in [0.717, 1.165) is 19.7 Å². The SMILES string of the molecule is CCSCCCOC1(C)CNC1. The Morgan fingerprint density at radius 2 is 2.25 bits per heavy atom. The van der Waals surface area contributed by atoms with Crippen molar-refractivity contribution in [3.8, 4) is 0 Å². The van der Waals surface area contributed by atoms with E-state index in [9.17, 15) is 0 Å². The van der Waals surface area contributed by atoms with Gasteiger partial charge < -0.3 is 10.1 Å². The largest absolute Gasteiger partial charge is 0.373 e. The topological polar surface area (TPSA) is 21.3 Å². The molecule has 1 aliphatic rings. The molecule has 0 amide bonds. The molecular weight excluding hydrogens is 170 g/mol. The van der Waals surface area contributed by atoms with Gasteiger partial charge in [-0.05, 0) is 24.9 Å². The summed E-state index contributed by atoms with van der Waals surface area (Å²) in [5.41, 5.74) is 0.150. The lowest BCUT2D eigenvalue weighted by atomic mass is 10.0. The minimum absolute atomic E-state index is 0.150. The smallest absolute Gasteiger partial charge is 0.0901 e. The molecule has 1 heterocycles. The first-order valence-electron chi connectivity index (χ1n) is 4.69. The van der Waals surface area contributed by atoms with Crippen LogP contribution in [-0.2, 0) is 4.74 Å². The maximum atomic E-state index is 5.74. The highest BCUT2D eigenvalue weighted by atomic mass is 32.2. The number of hydrogen-bond acceptors (Lipinski definition) is 3. The van der Waals surface area contributed by atoms with Gasteiger partial charge in [-0.2, -0.15) is 11.8 Å². The molecule has 0 unspecified atom stereocenters. The lowest BCUT2D eigenvalue weighted by Crippen LogP contribution is -2.59. The van der Waals surface area contributed by atoms with Crippen molar-refractivity contribution in [2.45, 2.75) is 25.9 Å². The Kier molecular flexibility index (Phi) is 4.40. The van der Waals surface area contributed by atoms with Crippen molar-refractivity contribution in [3.05, 3.63) is 0 Å². The molecule has 0 aromatic rings. The van der Waals surface area contributed by atoms with E-state index in [1.54, 1.807) is 0 Å². The molecule has 0 aliphatic carbocycles. The Morgan fingerprint density at radius 3 is 2.75 bits per heavy atom. The zero-order chi connectivity index (χ0) is 8.86. The molecule has 0 radical (unpaired) electrons. The lowest BCUT2D eigenvalue weighted by molar-refractivity contribution is -0.0659. The van der Waals surface area contributed by atoms with Gasteiger partial charge in [-0.25, -0.2) is 0 Å². The predicted octanol–water partition coefficient (Wildman–Crippen LogP) is 1.51. The molecule has 72 valence electrons. The summed E-state index contributed by atoms with van der Waals surface area (Å²) in [6, 6.07) is 0. The van der Waals surface area contributed by atoms with Crippen LogP contribution in [-0.4, -0.2) is 36.8 Å². The zero-order valence-corrected chi connectivity index (χ0v) is 8.88. The van der Waals surface area contributed by atoms with Crippen LogP contribution in [0.1, 0.15) is 20.3 Å². The molecule has 0 atom stereocenters. The maximum absolute atomic E-state index is 5.74. The van der Waals surface area contributed by atoms with Gasteiger partial charge in [0.1, 0.15) is 0 Å². The molecule has 0 aromatic carbocycles. The van der Waals surface area contributed by atoms with Gasteiger partial charge in [-0.1, -0.05) is 6.92 Å². The summed E-state index contributed by atoms with van der Waals surface area (Å²) in [4.78, 5) is 0. The van der Waals surface area contributed by atoms with Crippen molar-refractivity contribution in [2.75, 3.05) is 31.2 Å². The molecule has 0 saturated carbocycles. The van der Waals surface area contributed by atoms with E-state index in [4.69, 9.17) is 4.74 Å². The van der Waals surface area contributed by atoms with Gasteiger partial charge in [-0.3, -0.25) is 0 Å². The Balaban J connectivity index is 1.88. The average molecular weight is 189 g/mol. The second kappa shape index (κ2) is 5.10. The van der Waals surface area contributed by atoms with Crippen LogP contribution in [0.25, 0.3) is 0 Å². The standard InChI is InChI=1S/C9H19NOS/c1-3-12-6-4-5-11-9(2)7-10-8-9/h10H,3-8H2,1-2H3. The molecule has 2 nitrogen and oxygen atoms in total. The molecule has 12 heavy (non-hydrogen) atoms. The van der Waals surface area contributed by atoms with E-state index in [2.05, 4.69) is 19.2 Å². The molecular formula is C9H19NOS. The first kappa shape index (κ1) is 10.4. The highest BCUT2D eigenvalue weighted by Crippen LogP contribution is 2.15. The van der Waals surface area contributed by atoms with Crippen LogP contribution in [0.3, 0.4) is 0 Å². The summed E-state index contributed by atoms with van der Waals surface area (Å²) in [5.74, 6) is 2.46. The second-order valence-electron chi connectivity index (χ2n) is 3.45. The Bertz CT molecular complexity index is 126. The predicted molar refractivity (Wildman–Crippen MR) is 54.8 cm³/mol. The number of nitrogens with one attached hydrogen (secondary N) is 1. The third-order valence-corrected chi connectivity index (χ3v) is 3.07. The van der Waals surface area contributed by atoms with Crippen molar-refractivity contribution in [1.82, 2.24) is 5.32 Å². The van der Waals surface area contributed by atoms with Crippen LogP contribution in [0.4, 0.5) is 0 Å². The van der Waals surface area contributed by atoms with E-state index in [1.165, 1.54) is 17.9 Å². The highest BCUT2D eigenvalue weighted by molar-refractivity contribution is 7.99. The summed E-state index contributed by atoms with van der Waals surface area (Å²) in [5, 5.41) is 3.22. The van der Waals surface area contributed by atoms with Crippen molar-refractivity contribution in [1.29, 1.82) is 0 Å². The van der Waals surface area contributed by atoms with Crippen molar-refractivity contribution < 1.29 is 4.74 Å². The minimum atomic E-state index is 0.150. The van der Waals surface area contributed by atoms with E-state index < -0.39 is 0 Å². The van der Waals surface area contributed by atoms with Gasteiger partial charge >= 0.3 is 0 Å². The molecule has 1 saturated heterocycles. The fraction of sp³-hybridized carbons (Fsp3) is 1.00. The van der Waals surface area contributed by atoms with Crippen molar-refractivity contribution >= 4 is 11.8 Å². The molecule has 1 N–H and O–H groups in total. The summed E-state index contributed by atoms with van der Waals surface area (Å²) < 4.78 is 5.74. The third-order valence-electron chi connectivity index (χ3n) is 2.09. The molecule has 3 heteroatoms. The van der Waals surface area contributed by atoms with Gasteiger partial charge in [0.25, 0.3) is 0 Å². The van der Waals surface area contributed by atoms with E-state index in [-0.39, 0.29) is 5.60 Å². The molecule has 0 spiro atoms. The van der Waals surface area contributed by atoms with Crippen LogP contribution in [0.15, 0.2) is 0 Å². The van der Waals surface area contributed by atoms with E-state index in [0.29, 0.717) is 0 Å². The monoisotopic (exact) mass is 189 g/mol. The zero-order valence-electron chi connectivity index (χ0n) is 8.06. The minimum Gasteiger partial charge on any atom is -0.373 e. The van der Waals surface area contributed by atoms with Crippen LogP contribution >= 0.6 is 11.8 Å². The van der Waals surface area contributed by atoms with Crippen LogP contribution < -0.4 is 5.32 Å². The van der Waals surface area contributed by atoms with Gasteiger partial charge in [0.15, 0.2) is 0 Å². The average Bonchev–Trinajstić information content (AvgIpc) is 2.01. The maximum Gasteiger partial charge on any atom is 0.0901 e. The van der Waals surface area contributed by atoms with Crippen molar-refractivity contribution in [3.63, 3.8) is 0 Å². The first-order chi connectivity index (χ1) is 5.77. The van der Waals surface area contributed by atoms with Gasteiger partial charge in [-0.15, -0.1) is 0 Å². The third kappa shape index (κ3) is 3.33. The summed E-state index contributed by atoms with van der Waals surface area (Å²) >= 11 is 1.99. The highest BCUT2D eigenvalue weighted by Gasteiger charge is 2.31. The number of hydrogen-bond donors (Lipinski definition) is 1. The van der Waals surface area contributed by atoms with Crippen LogP contribution in [0, 0.1) is 0 Å². The first-order valence-corrected chi connectivity index (χ1v) is 5.85.